The molecular formula is C14H16FN3O3. The Balaban J connectivity index is 2.23. The number of anilines is 1. The second kappa shape index (κ2) is 5.82. The third-order valence-corrected chi connectivity index (χ3v) is 3.25. The Hall–Kier alpha value is -2.57. The average Bonchev–Trinajstić information content (AvgIpc) is 2.47. The molecule has 0 aliphatic rings. The van der Waals surface area contributed by atoms with Gasteiger partial charge in [-0.05, 0) is 12.1 Å². The highest BCUT2D eigenvalue weighted by atomic mass is 19.1. The van der Waals surface area contributed by atoms with E-state index in [0.29, 0.717) is 11.4 Å². The molecule has 6 nitrogen and oxygen atoms in total. The summed E-state index contributed by atoms with van der Waals surface area (Å²) in [6.45, 7) is 0.230. The normalized spacial score (nSPS) is 10.5. The zero-order valence-corrected chi connectivity index (χ0v) is 12.0. The Morgan fingerprint density at radius 2 is 1.90 bits per heavy atom. The smallest absolute Gasteiger partial charge is 0.330 e. The first-order chi connectivity index (χ1) is 9.93. The monoisotopic (exact) mass is 293 g/mol. The van der Waals surface area contributed by atoms with Gasteiger partial charge in [-0.25, -0.2) is 9.18 Å². The van der Waals surface area contributed by atoms with Gasteiger partial charge in [0.15, 0.2) is 11.6 Å². The van der Waals surface area contributed by atoms with Gasteiger partial charge in [0.1, 0.15) is 0 Å². The van der Waals surface area contributed by atoms with E-state index < -0.39 is 11.5 Å². The molecule has 21 heavy (non-hydrogen) atoms. The van der Waals surface area contributed by atoms with Crippen LogP contribution >= 0.6 is 0 Å². The fourth-order valence-electron chi connectivity index (χ4n) is 1.92. The highest BCUT2D eigenvalue weighted by Crippen LogP contribution is 2.20. The molecule has 0 atom stereocenters. The zero-order chi connectivity index (χ0) is 15.6. The molecule has 0 aliphatic heterocycles. The highest BCUT2D eigenvalue weighted by Gasteiger charge is 2.07. The van der Waals surface area contributed by atoms with Gasteiger partial charge in [0.2, 0.25) is 0 Å². The molecule has 7 heteroatoms. The minimum atomic E-state index is -0.486. The maximum atomic E-state index is 13.6. The van der Waals surface area contributed by atoms with Crippen molar-refractivity contribution in [2.24, 2.45) is 14.1 Å². The molecule has 0 amide bonds. The second-order valence-electron chi connectivity index (χ2n) is 4.58. The molecule has 0 radical (unpaired) electrons. The predicted molar refractivity (Wildman–Crippen MR) is 77.2 cm³/mol. The van der Waals surface area contributed by atoms with Gasteiger partial charge in [-0.1, -0.05) is 0 Å². The Labute approximate surface area is 120 Å². The van der Waals surface area contributed by atoms with Gasteiger partial charge in [-0.2, -0.15) is 0 Å². The van der Waals surface area contributed by atoms with Crippen molar-refractivity contribution < 1.29 is 9.13 Å². The number of nitrogens with zero attached hydrogens (tertiary/aromatic N) is 2. The van der Waals surface area contributed by atoms with Crippen molar-refractivity contribution in [3.8, 4) is 5.75 Å². The van der Waals surface area contributed by atoms with Crippen molar-refractivity contribution in [1.82, 2.24) is 9.13 Å². The topological polar surface area (TPSA) is 65.3 Å². The second-order valence-corrected chi connectivity index (χ2v) is 4.58. The van der Waals surface area contributed by atoms with Crippen LogP contribution in [0.1, 0.15) is 5.69 Å². The molecule has 1 aromatic heterocycles. The molecule has 0 saturated heterocycles. The van der Waals surface area contributed by atoms with Crippen LogP contribution in [0.3, 0.4) is 0 Å². The first kappa shape index (κ1) is 14.8. The summed E-state index contributed by atoms with van der Waals surface area (Å²) in [6, 6.07) is 5.81. The molecular weight excluding hydrogens is 277 g/mol. The van der Waals surface area contributed by atoms with Crippen LogP contribution in [-0.2, 0) is 20.6 Å². The number of hydrogen-bond donors (Lipinski definition) is 1. The van der Waals surface area contributed by atoms with Gasteiger partial charge < -0.3 is 10.1 Å². The van der Waals surface area contributed by atoms with E-state index >= 15 is 0 Å². The Kier molecular flexibility index (Phi) is 4.11. The van der Waals surface area contributed by atoms with Gasteiger partial charge in [0.05, 0.1) is 13.7 Å². The Bertz CT molecular complexity index is 780. The number of halogens is 1. The summed E-state index contributed by atoms with van der Waals surface area (Å²) in [5, 5.41) is 2.96. The first-order valence-corrected chi connectivity index (χ1v) is 6.27. The number of aromatic nitrogens is 2. The molecule has 0 bridgehead atoms. The van der Waals surface area contributed by atoms with E-state index in [4.69, 9.17) is 4.74 Å². The van der Waals surface area contributed by atoms with E-state index in [1.807, 2.05) is 0 Å². The number of rotatable bonds is 4. The molecule has 1 heterocycles. The van der Waals surface area contributed by atoms with Crippen molar-refractivity contribution in [2.75, 3.05) is 12.4 Å². The molecule has 1 aromatic carbocycles. The number of ether oxygens (including phenoxy) is 1. The van der Waals surface area contributed by atoms with E-state index in [0.717, 1.165) is 4.57 Å². The number of benzene rings is 1. The summed E-state index contributed by atoms with van der Waals surface area (Å²) in [7, 11) is 4.38. The van der Waals surface area contributed by atoms with Crippen molar-refractivity contribution in [3.63, 3.8) is 0 Å². The molecule has 0 unspecified atom stereocenters. The highest BCUT2D eigenvalue weighted by molar-refractivity contribution is 5.47. The van der Waals surface area contributed by atoms with Crippen LogP contribution in [0.15, 0.2) is 33.9 Å². The number of hydrogen-bond acceptors (Lipinski definition) is 4. The fourth-order valence-corrected chi connectivity index (χ4v) is 1.92. The first-order valence-electron chi connectivity index (χ1n) is 6.27. The van der Waals surface area contributed by atoms with E-state index in [1.54, 1.807) is 13.1 Å². The third-order valence-electron chi connectivity index (χ3n) is 3.25. The lowest BCUT2D eigenvalue weighted by molar-refractivity contribution is 0.386. The molecule has 112 valence electrons. The Morgan fingerprint density at radius 3 is 2.52 bits per heavy atom. The van der Waals surface area contributed by atoms with Crippen molar-refractivity contribution >= 4 is 5.69 Å². The summed E-state index contributed by atoms with van der Waals surface area (Å²) >= 11 is 0. The van der Waals surface area contributed by atoms with Gasteiger partial charge in [-0.15, -0.1) is 0 Å². The molecule has 0 saturated carbocycles. The quantitative estimate of drug-likeness (QED) is 0.907. The van der Waals surface area contributed by atoms with Crippen LogP contribution in [0.5, 0.6) is 5.75 Å². The largest absolute Gasteiger partial charge is 0.494 e. The lowest BCUT2D eigenvalue weighted by Crippen LogP contribution is -2.38. The zero-order valence-electron chi connectivity index (χ0n) is 12.0. The number of methoxy groups -OCH3 is 1. The fraction of sp³-hybridized carbons (Fsp3) is 0.286. The summed E-state index contributed by atoms with van der Waals surface area (Å²) in [5.41, 5.74) is 0.261. The van der Waals surface area contributed by atoms with Crippen molar-refractivity contribution in [1.29, 1.82) is 0 Å². The maximum absolute atomic E-state index is 13.6. The Morgan fingerprint density at radius 1 is 1.19 bits per heavy atom. The van der Waals surface area contributed by atoms with Gasteiger partial charge >= 0.3 is 5.69 Å². The standard InChI is InChI=1S/C14H16FN3O3/c1-17-10(7-13(19)18(2)14(17)20)8-16-9-4-5-12(21-3)11(15)6-9/h4-7,16H,8H2,1-3H3. The molecule has 1 N–H and O–H groups in total. The summed E-state index contributed by atoms with van der Waals surface area (Å²) < 4.78 is 20.8. The molecule has 2 rings (SSSR count). The van der Waals surface area contributed by atoms with Crippen LogP contribution in [0, 0.1) is 5.82 Å². The maximum Gasteiger partial charge on any atom is 0.330 e. The molecule has 0 spiro atoms. The van der Waals surface area contributed by atoms with Gasteiger partial charge in [0, 0.05) is 37.6 Å². The summed E-state index contributed by atoms with van der Waals surface area (Å²) in [4.78, 5) is 23.4. The van der Waals surface area contributed by atoms with Crippen molar-refractivity contribution in [3.05, 3.63) is 56.6 Å². The summed E-state index contributed by atoms with van der Waals surface area (Å²) in [5.74, 6) is -0.332. The SMILES string of the molecule is COc1ccc(NCc2cc(=O)n(C)c(=O)n2C)cc1F. The van der Waals surface area contributed by atoms with E-state index in [1.165, 1.54) is 36.9 Å². The van der Waals surface area contributed by atoms with Crippen LogP contribution in [0.4, 0.5) is 10.1 Å². The minimum absolute atomic E-state index is 0.154. The van der Waals surface area contributed by atoms with Crippen LogP contribution < -0.4 is 21.3 Å². The summed E-state index contributed by atoms with van der Waals surface area (Å²) in [6.07, 6.45) is 0. The predicted octanol–water partition coefficient (Wildman–Crippen LogP) is 0.844. The van der Waals surface area contributed by atoms with Gasteiger partial charge in [-0.3, -0.25) is 13.9 Å². The van der Waals surface area contributed by atoms with Crippen LogP contribution in [-0.4, -0.2) is 16.2 Å². The molecule has 0 fully saturated rings. The third kappa shape index (κ3) is 2.96. The number of nitrogens with one attached hydrogen (secondary N) is 1. The lowest BCUT2D eigenvalue weighted by atomic mass is 10.2. The van der Waals surface area contributed by atoms with E-state index in [9.17, 15) is 14.0 Å². The molecule has 0 aliphatic carbocycles. The van der Waals surface area contributed by atoms with Crippen molar-refractivity contribution in [2.45, 2.75) is 6.54 Å². The molecule has 2 aromatic rings. The van der Waals surface area contributed by atoms with E-state index in [-0.39, 0.29) is 17.9 Å². The van der Waals surface area contributed by atoms with Crippen LogP contribution in [0.25, 0.3) is 0 Å². The van der Waals surface area contributed by atoms with Crippen LogP contribution in [0.2, 0.25) is 0 Å². The average molecular weight is 293 g/mol. The minimum Gasteiger partial charge on any atom is -0.494 e. The van der Waals surface area contributed by atoms with Gasteiger partial charge in [0.25, 0.3) is 5.56 Å². The van der Waals surface area contributed by atoms with E-state index in [2.05, 4.69) is 5.32 Å². The lowest BCUT2D eigenvalue weighted by Gasteiger charge is -2.12.